The molecule has 2 unspecified atom stereocenters. The van der Waals surface area contributed by atoms with Crippen LogP contribution in [0.1, 0.15) is 44.9 Å². The molecule has 1 aliphatic carbocycles. The molecule has 1 aromatic rings. The van der Waals surface area contributed by atoms with E-state index in [4.69, 9.17) is 0 Å². The Morgan fingerprint density at radius 1 is 1.41 bits per heavy atom. The summed E-state index contributed by atoms with van der Waals surface area (Å²) in [6.07, 6.45) is 2.26. The van der Waals surface area contributed by atoms with Crippen LogP contribution in [0.4, 0.5) is 4.79 Å². The van der Waals surface area contributed by atoms with Crippen LogP contribution in [0.15, 0.2) is 15.9 Å². The molecule has 0 aromatic carbocycles. The summed E-state index contributed by atoms with van der Waals surface area (Å²) in [7, 11) is 1.69. The average Bonchev–Trinajstić information content (AvgIpc) is 3.02. The monoisotopic (exact) mass is 455 g/mol. The molecule has 1 saturated heterocycles. The second-order valence-electron chi connectivity index (χ2n) is 8.74. The maximum atomic E-state index is 13.1. The summed E-state index contributed by atoms with van der Waals surface area (Å²) in [5.41, 5.74) is -0.889. The van der Waals surface area contributed by atoms with Crippen LogP contribution in [0.25, 0.3) is 0 Å². The SMILES string of the molecule is CC1CC(C)(C)CC2(C1)NC(=O)N(CC(=O)N(C)Cc1cc(Br)cs1)C2=O. The number of amides is 4. The maximum Gasteiger partial charge on any atom is 0.325 e. The molecule has 2 fully saturated rings. The highest BCUT2D eigenvalue weighted by molar-refractivity contribution is 9.10. The highest BCUT2D eigenvalue weighted by Gasteiger charge is 2.56. The number of nitrogens with one attached hydrogen (secondary N) is 1. The van der Waals surface area contributed by atoms with E-state index in [0.29, 0.717) is 25.3 Å². The van der Waals surface area contributed by atoms with Crippen molar-refractivity contribution in [1.29, 1.82) is 0 Å². The molecule has 0 radical (unpaired) electrons. The van der Waals surface area contributed by atoms with E-state index < -0.39 is 11.6 Å². The molecular formula is C19H26BrN3O3S. The quantitative estimate of drug-likeness (QED) is 0.704. The van der Waals surface area contributed by atoms with Gasteiger partial charge in [-0.25, -0.2) is 4.79 Å². The van der Waals surface area contributed by atoms with Crippen LogP contribution in [-0.4, -0.2) is 46.8 Å². The fourth-order valence-corrected chi connectivity index (χ4v) is 6.17. The fourth-order valence-electron chi connectivity index (χ4n) is 4.66. The Balaban J connectivity index is 1.69. The van der Waals surface area contributed by atoms with E-state index in [9.17, 15) is 14.4 Å². The second-order valence-corrected chi connectivity index (χ2v) is 10.7. The van der Waals surface area contributed by atoms with Gasteiger partial charge in [0.25, 0.3) is 5.91 Å². The van der Waals surface area contributed by atoms with Crippen molar-refractivity contribution in [3.8, 4) is 0 Å². The van der Waals surface area contributed by atoms with Crippen molar-refractivity contribution < 1.29 is 14.4 Å². The maximum absolute atomic E-state index is 13.1. The summed E-state index contributed by atoms with van der Waals surface area (Å²) in [4.78, 5) is 41.9. The fraction of sp³-hybridized carbons (Fsp3) is 0.632. The summed E-state index contributed by atoms with van der Waals surface area (Å²) in [6, 6.07) is 1.51. The molecular weight excluding hydrogens is 430 g/mol. The van der Waals surface area contributed by atoms with Gasteiger partial charge in [-0.05, 0) is 52.6 Å². The summed E-state index contributed by atoms with van der Waals surface area (Å²) >= 11 is 4.96. The third-order valence-electron chi connectivity index (χ3n) is 5.36. The topological polar surface area (TPSA) is 69.7 Å². The van der Waals surface area contributed by atoms with Gasteiger partial charge in [0.2, 0.25) is 5.91 Å². The van der Waals surface area contributed by atoms with Gasteiger partial charge in [0, 0.05) is 21.8 Å². The smallest absolute Gasteiger partial charge is 0.325 e. The molecule has 0 bridgehead atoms. The molecule has 4 amide bonds. The number of thiophene rings is 1. The first-order valence-corrected chi connectivity index (χ1v) is 10.8. The number of rotatable bonds is 4. The van der Waals surface area contributed by atoms with Crippen molar-refractivity contribution in [2.45, 2.75) is 52.1 Å². The van der Waals surface area contributed by atoms with Gasteiger partial charge in [-0.1, -0.05) is 20.8 Å². The van der Waals surface area contributed by atoms with Crippen molar-refractivity contribution in [3.05, 3.63) is 20.8 Å². The van der Waals surface area contributed by atoms with Crippen molar-refractivity contribution in [2.24, 2.45) is 11.3 Å². The Kier molecular flexibility index (Phi) is 5.42. The zero-order valence-electron chi connectivity index (χ0n) is 16.2. The van der Waals surface area contributed by atoms with Crippen LogP contribution in [0.5, 0.6) is 0 Å². The number of imide groups is 1. The molecule has 6 nitrogen and oxygen atoms in total. The number of likely N-dealkylation sites (N-methyl/N-ethyl adjacent to an activating group) is 1. The standard InChI is InChI=1S/C19H26BrN3O3S/c1-12-6-18(2,3)11-19(7-12)16(25)23(17(26)21-19)9-15(24)22(4)8-14-5-13(20)10-27-14/h5,10,12H,6-9,11H2,1-4H3,(H,21,26). The average molecular weight is 456 g/mol. The van der Waals surface area contributed by atoms with Crippen molar-refractivity contribution in [3.63, 3.8) is 0 Å². The number of halogens is 1. The van der Waals surface area contributed by atoms with Crippen LogP contribution in [0.2, 0.25) is 0 Å². The van der Waals surface area contributed by atoms with Gasteiger partial charge in [0.15, 0.2) is 0 Å². The number of hydrogen-bond acceptors (Lipinski definition) is 4. The second kappa shape index (κ2) is 7.20. The lowest BCUT2D eigenvalue weighted by molar-refractivity contribution is -0.140. The Bertz CT molecular complexity index is 778. The van der Waals surface area contributed by atoms with Gasteiger partial charge < -0.3 is 10.2 Å². The molecule has 1 aliphatic heterocycles. The zero-order valence-corrected chi connectivity index (χ0v) is 18.6. The lowest BCUT2D eigenvalue weighted by Crippen LogP contribution is -2.54. The normalized spacial score (nSPS) is 27.1. The van der Waals surface area contributed by atoms with Gasteiger partial charge in [-0.2, -0.15) is 0 Å². The van der Waals surface area contributed by atoms with E-state index in [2.05, 4.69) is 42.0 Å². The van der Waals surface area contributed by atoms with E-state index in [1.165, 1.54) is 0 Å². The molecule has 3 rings (SSSR count). The summed E-state index contributed by atoms with van der Waals surface area (Å²) < 4.78 is 0.980. The Morgan fingerprint density at radius 3 is 2.70 bits per heavy atom. The first kappa shape index (κ1) is 20.3. The van der Waals surface area contributed by atoms with Gasteiger partial charge in [0.05, 0.1) is 6.54 Å². The molecule has 1 aromatic heterocycles. The van der Waals surface area contributed by atoms with Gasteiger partial charge in [0.1, 0.15) is 12.1 Å². The lowest BCUT2D eigenvalue weighted by atomic mass is 9.64. The summed E-state index contributed by atoms with van der Waals surface area (Å²) in [5, 5.41) is 4.87. The summed E-state index contributed by atoms with van der Waals surface area (Å²) in [5.74, 6) is -0.162. The first-order valence-electron chi connectivity index (χ1n) is 9.12. The van der Waals surface area contributed by atoms with E-state index in [0.717, 1.165) is 20.7 Å². The minimum atomic E-state index is -0.865. The van der Waals surface area contributed by atoms with Crippen LogP contribution < -0.4 is 5.32 Å². The number of nitrogens with zero attached hydrogens (tertiary/aromatic N) is 2. The Morgan fingerprint density at radius 2 is 2.11 bits per heavy atom. The van der Waals surface area contributed by atoms with Crippen LogP contribution in [0, 0.1) is 11.3 Å². The molecule has 1 spiro atoms. The third-order valence-corrected chi connectivity index (χ3v) is 7.04. The minimum absolute atomic E-state index is 0.0238. The zero-order chi connectivity index (χ0) is 20.0. The largest absolute Gasteiger partial charge is 0.339 e. The molecule has 1 N–H and O–H groups in total. The van der Waals surface area contributed by atoms with Gasteiger partial charge in [-0.15, -0.1) is 11.3 Å². The van der Waals surface area contributed by atoms with Crippen LogP contribution in [0.3, 0.4) is 0 Å². The molecule has 2 aliphatic rings. The van der Waals surface area contributed by atoms with Crippen molar-refractivity contribution >= 4 is 45.1 Å². The predicted molar refractivity (Wildman–Crippen MR) is 108 cm³/mol. The number of carbonyl (C=O) groups is 3. The predicted octanol–water partition coefficient (Wildman–Crippen LogP) is 3.61. The molecule has 1 saturated carbocycles. The number of urea groups is 1. The van der Waals surface area contributed by atoms with Gasteiger partial charge >= 0.3 is 6.03 Å². The first-order chi connectivity index (χ1) is 12.5. The number of carbonyl (C=O) groups excluding carboxylic acids is 3. The van der Waals surface area contributed by atoms with Crippen LogP contribution in [-0.2, 0) is 16.1 Å². The highest BCUT2D eigenvalue weighted by Crippen LogP contribution is 2.46. The Hall–Kier alpha value is -1.41. The van der Waals surface area contributed by atoms with Gasteiger partial charge in [-0.3, -0.25) is 14.5 Å². The van der Waals surface area contributed by atoms with E-state index >= 15 is 0 Å². The molecule has 2 atom stereocenters. The number of hydrogen-bond donors (Lipinski definition) is 1. The summed E-state index contributed by atoms with van der Waals surface area (Å²) in [6.45, 7) is 6.61. The molecule has 148 valence electrons. The van der Waals surface area contributed by atoms with E-state index in [-0.39, 0.29) is 23.8 Å². The van der Waals surface area contributed by atoms with E-state index in [1.807, 2.05) is 11.4 Å². The third kappa shape index (κ3) is 4.21. The minimum Gasteiger partial charge on any atom is -0.339 e. The highest BCUT2D eigenvalue weighted by atomic mass is 79.9. The van der Waals surface area contributed by atoms with Crippen molar-refractivity contribution in [1.82, 2.24) is 15.1 Å². The van der Waals surface area contributed by atoms with Crippen molar-refractivity contribution in [2.75, 3.05) is 13.6 Å². The van der Waals surface area contributed by atoms with Crippen LogP contribution >= 0.6 is 27.3 Å². The lowest BCUT2D eigenvalue weighted by Gasteiger charge is -2.43. The Labute approximate surface area is 172 Å². The van der Waals surface area contributed by atoms with E-state index in [1.54, 1.807) is 23.3 Å². The molecule has 2 heterocycles. The molecule has 8 heteroatoms. The molecule has 27 heavy (non-hydrogen) atoms.